The number of piperidine rings is 1. The Bertz CT molecular complexity index is 1540. The van der Waals surface area contributed by atoms with Gasteiger partial charge in [0.2, 0.25) is 10.0 Å². The summed E-state index contributed by atoms with van der Waals surface area (Å²) in [5.74, 6) is -1.08. The van der Waals surface area contributed by atoms with Crippen LogP contribution in [0.4, 0.5) is 17.6 Å². The zero-order chi connectivity index (χ0) is 32.0. The van der Waals surface area contributed by atoms with Crippen molar-refractivity contribution in [2.24, 2.45) is 5.41 Å². The van der Waals surface area contributed by atoms with E-state index in [1.54, 1.807) is 4.72 Å². The minimum absolute atomic E-state index is 0.0293. The molecule has 3 heterocycles. The third-order valence-electron chi connectivity index (χ3n) is 8.40. The highest BCUT2D eigenvalue weighted by Crippen LogP contribution is 2.53. The number of carbonyl (C=O) groups excluding carboxylic acids is 2. The third-order valence-corrected chi connectivity index (χ3v) is 12.0. The minimum Gasteiger partial charge on any atom is -0.381 e. The van der Waals surface area contributed by atoms with Crippen LogP contribution >= 0.6 is 34.5 Å². The molecule has 1 unspecified atom stereocenters. The van der Waals surface area contributed by atoms with Gasteiger partial charge in [-0.3, -0.25) is 9.59 Å². The van der Waals surface area contributed by atoms with Crippen molar-refractivity contribution in [2.75, 3.05) is 26.3 Å². The molecule has 17 heteroatoms. The normalized spacial score (nSPS) is 21.3. The number of likely N-dealkylation sites (tertiary alicyclic amines) is 1. The number of hydrogen-bond donors (Lipinski definition) is 2. The zero-order valence-corrected chi connectivity index (χ0v) is 26.6. The fourth-order valence-corrected chi connectivity index (χ4v) is 8.81. The number of thiazole rings is 1. The van der Waals surface area contributed by atoms with Crippen LogP contribution in [0.5, 0.6) is 0 Å². The summed E-state index contributed by atoms with van der Waals surface area (Å²) < 4.78 is 86.5. The van der Waals surface area contributed by atoms with Crippen LogP contribution in [-0.2, 0) is 14.8 Å². The van der Waals surface area contributed by atoms with E-state index >= 15 is 0 Å². The first kappa shape index (κ1) is 33.3. The van der Waals surface area contributed by atoms with Crippen LogP contribution in [0.2, 0.25) is 10.0 Å². The maximum absolute atomic E-state index is 13.8. The second kappa shape index (κ2) is 12.6. The third kappa shape index (κ3) is 6.73. The minimum atomic E-state index is -4.84. The van der Waals surface area contributed by atoms with Crippen molar-refractivity contribution in [1.82, 2.24) is 19.9 Å². The van der Waals surface area contributed by atoms with E-state index < -0.39 is 56.6 Å². The first-order valence-corrected chi connectivity index (χ1v) is 17.1. The summed E-state index contributed by atoms with van der Waals surface area (Å²) in [6, 6.07) is -0.243. The molecule has 1 aliphatic carbocycles. The van der Waals surface area contributed by atoms with E-state index in [1.807, 2.05) is 0 Å². The zero-order valence-electron chi connectivity index (χ0n) is 23.5. The monoisotopic (exact) mass is 700 g/mol. The molecule has 2 aliphatic heterocycles. The number of hydrogen-bond acceptors (Lipinski definition) is 7. The molecule has 242 valence electrons. The van der Waals surface area contributed by atoms with Crippen molar-refractivity contribution < 1.29 is 40.3 Å². The number of carbonyl (C=O) groups is 2. The molecule has 3 fully saturated rings. The van der Waals surface area contributed by atoms with Crippen molar-refractivity contribution in [3.05, 3.63) is 32.9 Å². The first-order valence-electron chi connectivity index (χ1n) is 14.1. The number of halogens is 6. The Morgan fingerprint density at radius 2 is 1.84 bits per heavy atom. The predicted octanol–water partition coefficient (Wildman–Crippen LogP) is 5.61. The van der Waals surface area contributed by atoms with Crippen LogP contribution in [0.1, 0.15) is 65.7 Å². The molecular formula is C27H30Cl2F4N4O5S2. The molecule has 0 radical (unpaired) electrons. The van der Waals surface area contributed by atoms with Gasteiger partial charge in [-0.05, 0) is 50.0 Å². The summed E-state index contributed by atoms with van der Waals surface area (Å²) in [5, 5.41) is 2.01. The summed E-state index contributed by atoms with van der Waals surface area (Å²) in [7, 11) is -4.77. The van der Waals surface area contributed by atoms with Crippen molar-refractivity contribution in [3.8, 4) is 10.4 Å². The largest absolute Gasteiger partial charge is 0.404 e. The summed E-state index contributed by atoms with van der Waals surface area (Å²) in [5.41, 5.74) is -0.117. The van der Waals surface area contributed by atoms with E-state index in [4.69, 9.17) is 27.9 Å². The lowest BCUT2D eigenvalue weighted by molar-refractivity contribution is -0.151. The number of alkyl halides is 4. The Hall–Kier alpha value is -2.04. The molecule has 5 rings (SSSR count). The van der Waals surface area contributed by atoms with Gasteiger partial charge in [0.1, 0.15) is 22.8 Å². The molecule has 1 aromatic heterocycles. The van der Waals surface area contributed by atoms with Gasteiger partial charge in [-0.1, -0.05) is 36.2 Å². The van der Waals surface area contributed by atoms with Gasteiger partial charge in [-0.15, -0.1) is 11.3 Å². The van der Waals surface area contributed by atoms with Gasteiger partial charge >= 0.3 is 6.18 Å². The molecule has 2 aromatic rings. The molecular weight excluding hydrogens is 671 g/mol. The van der Waals surface area contributed by atoms with E-state index in [0.29, 0.717) is 13.2 Å². The smallest absolute Gasteiger partial charge is 0.381 e. The first-order chi connectivity index (χ1) is 20.7. The van der Waals surface area contributed by atoms with Crippen molar-refractivity contribution in [3.63, 3.8) is 0 Å². The van der Waals surface area contributed by atoms with Crippen LogP contribution in [0.25, 0.3) is 10.4 Å². The Kier molecular flexibility index (Phi) is 9.57. The highest BCUT2D eigenvalue weighted by Gasteiger charge is 2.55. The van der Waals surface area contributed by atoms with Gasteiger partial charge in [-0.2, -0.15) is 17.9 Å². The fraction of sp³-hybridized carbons (Fsp3) is 0.593. The van der Waals surface area contributed by atoms with E-state index in [9.17, 15) is 35.6 Å². The summed E-state index contributed by atoms with van der Waals surface area (Å²) in [4.78, 5) is 32.1. The topological polar surface area (TPSA) is 118 Å². The van der Waals surface area contributed by atoms with Gasteiger partial charge in [-0.25, -0.2) is 17.8 Å². The van der Waals surface area contributed by atoms with Crippen molar-refractivity contribution in [1.29, 1.82) is 0 Å². The average Bonchev–Trinajstić information content (AvgIpc) is 3.41. The highest BCUT2D eigenvalue weighted by atomic mass is 35.5. The molecule has 1 saturated carbocycles. The molecule has 1 spiro atoms. The maximum Gasteiger partial charge on any atom is 0.404 e. The standard InChI is InChI=1S/C27H30Cl2F4N4O5S2/c1-2-17(27(31,32)33)36-44(40,41)16-4-3-15(19(28)20(16)29)22-21(25(39)37-9-5-14(30)6-10-37)35-24(43-22)23(38)34-18-13-26(18)7-11-42-12-8-26/h3-4,14,17-18,36H,2,5-13H2,1H3,(H,34,38)/t17-,18?/m0/s1. The number of nitrogens with zero attached hydrogens (tertiary/aromatic N) is 2. The summed E-state index contributed by atoms with van der Waals surface area (Å²) in [6.45, 7) is 2.65. The van der Waals surface area contributed by atoms with Gasteiger partial charge in [0, 0.05) is 37.9 Å². The fourth-order valence-electron chi connectivity index (χ4n) is 5.59. The lowest BCUT2D eigenvalue weighted by atomic mass is 9.96. The molecule has 9 nitrogen and oxygen atoms in total. The molecule has 44 heavy (non-hydrogen) atoms. The SMILES string of the molecule is CC[C@H](NS(=O)(=O)c1ccc(-c2sc(C(=O)NC3CC34CCOCC4)nc2C(=O)N2CCC(F)CC2)c(Cl)c1Cl)C(F)(F)F. The average molecular weight is 702 g/mol. The lowest BCUT2D eigenvalue weighted by Crippen LogP contribution is -2.44. The molecule has 1 aromatic carbocycles. The van der Waals surface area contributed by atoms with Crippen molar-refractivity contribution >= 4 is 56.4 Å². The molecule has 2 N–H and O–H groups in total. The number of amides is 2. The number of benzene rings is 1. The van der Waals surface area contributed by atoms with Crippen LogP contribution in [-0.4, -0.2) is 80.9 Å². The highest BCUT2D eigenvalue weighted by molar-refractivity contribution is 7.89. The van der Waals surface area contributed by atoms with Gasteiger partial charge in [0.15, 0.2) is 5.01 Å². The van der Waals surface area contributed by atoms with Crippen LogP contribution in [0.3, 0.4) is 0 Å². The van der Waals surface area contributed by atoms with Gasteiger partial charge in [0.25, 0.3) is 11.8 Å². The Morgan fingerprint density at radius 1 is 1.18 bits per heavy atom. The Labute approximate surface area is 265 Å². The molecule has 0 bridgehead atoms. The lowest BCUT2D eigenvalue weighted by Gasteiger charge is -2.28. The maximum atomic E-state index is 13.8. The summed E-state index contributed by atoms with van der Waals surface area (Å²) in [6.07, 6.45) is -3.75. The molecule has 3 aliphatic rings. The van der Waals surface area contributed by atoms with Crippen LogP contribution < -0.4 is 10.0 Å². The van der Waals surface area contributed by atoms with Crippen LogP contribution in [0, 0.1) is 5.41 Å². The number of rotatable bonds is 8. The van der Waals surface area contributed by atoms with Crippen molar-refractivity contribution in [2.45, 2.75) is 74.8 Å². The Balaban J connectivity index is 1.48. The predicted molar refractivity (Wildman–Crippen MR) is 156 cm³/mol. The van der Waals surface area contributed by atoms with Gasteiger partial charge < -0.3 is 15.0 Å². The number of nitrogens with one attached hydrogen (secondary N) is 2. The number of ether oxygens (including phenoxy) is 1. The second-order valence-corrected chi connectivity index (χ2v) is 14.7. The second-order valence-electron chi connectivity index (χ2n) is 11.2. The van der Waals surface area contributed by atoms with Gasteiger partial charge in [0.05, 0.1) is 14.9 Å². The van der Waals surface area contributed by atoms with E-state index in [-0.39, 0.29) is 63.6 Å². The van der Waals surface area contributed by atoms with E-state index in [0.717, 1.165) is 36.7 Å². The molecule has 2 atom stereocenters. The van der Waals surface area contributed by atoms with E-state index in [2.05, 4.69) is 10.3 Å². The quantitative estimate of drug-likeness (QED) is 0.346. The summed E-state index contributed by atoms with van der Waals surface area (Å²) >= 11 is 13.7. The number of aromatic nitrogens is 1. The Morgan fingerprint density at radius 3 is 2.45 bits per heavy atom. The van der Waals surface area contributed by atoms with E-state index in [1.165, 1.54) is 17.9 Å². The molecule has 2 amide bonds. The van der Waals surface area contributed by atoms with Crippen LogP contribution in [0.15, 0.2) is 17.0 Å². The number of sulfonamides is 1. The molecule has 2 saturated heterocycles.